The monoisotopic (exact) mass is 766 g/mol. The average molecular weight is 767 g/mol. The van der Waals surface area contributed by atoms with E-state index in [1.807, 2.05) is 22.7 Å². The Bertz CT molecular complexity index is 3410. The molecule has 0 bridgehead atoms. The topological polar surface area (TPSA) is 17.0 Å². The summed E-state index contributed by atoms with van der Waals surface area (Å²) in [7, 11) is 0. The molecule has 0 amide bonds. The summed E-state index contributed by atoms with van der Waals surface area (Å²) >= 11 is 3.74. The first kappa shape index (κ1) is 31.6. The fourth-order valence-corrected chi connectivity index (χ4v) is 12.1. The van der Waals surface area contributed by atoms with Crippen molar-refractivity contribution < 1.29 is 0 Å². The van der Waals surface area contributed by atoms with Crippen LogP contribution in [0.3, 0.4) is 0 Å². The third kappa shape index (κ3) is 4.16. The van der Waals surface area contributed by atoms with Gasteiger partial charge in [0.2, 0.25) is 0 Å². The first-order chi connectivity index (χ1) is 28.0. The van der Waals surface area contributed by atoms with Gasteiger partial charge in [-0.15, -0.1) is 22.7 Å². The van der Waals surface area contributed by atoms with E-state index in [1.54, 1.807) is 0 Å². The van der Waals surface area contributed by atoms with Crippen molar-refractivity contribution in [2.45, 2.75) is 19.3 Å². The number of para-hydroxylation sites is 6. The molecule has 4 nitrogen and oxygen atoms in total. The lowest BCUT2D eigenvalue weighted by Gasteiger charge is -2.42. The molecule has 57 heavy (non-hydrogen) atoms. The highest BCUT2D eigenvalue weighted by molar-refractivity contribution is 7.25. The van der Waals surface area contributed by atoms with Gasteiger partial charge < -0.3 is 18.3 Å². The maximum atomic E-state index is 2.54. The predicted octanol–water partition coefficient (Wildman–Crippen LogP) is 14.6. The van der Waals surface area contributed by atoms with E-state index in [-0.39, 0.29) is 5.41 Å². The van der Waals surface area contributed by atoms with Crippen LogP contribution in [0.25, 0.3) is 79.7 Å². The van der Waals surface area contributed by atoms with E-state index in [4.69, 9.17) is 0 Å². The summed E-state index contributed by atoms with van der Waals surface area (Å²) in [5.74, 6) is 0. The van der Waals surface area contributed by atoms with Crippen LogP contribution in [0.2, 0.25) is 0 Å². The zero-order chi connectivity index (χ0) is 37.6. The van der Waals surface area contributed by atoms with Gasteiger partial charge >= 0.3 is 0 Å². The number of hydrogen-bond acceptors (Lipinski definition) is 3. The van der Waals surface area contributed by atoms with Crippen molar-refractivity contribution in [3.8, 4) is 16.8 Å². The smallest absolute Gasteiger partial charge is 0.0948 e. The van der Waals surface area contributed by atoms with Crippen LogP contribution >= 0.6 is 22.7 Å². The zero-order valence-corrected chi connectivity index (χ0v) is 32.9. The van der Waals surface area contributed by atoms with Crippen LogP contribution in [0.1, 0.15) is 25.0 Å². The maximum absolute atomic E-state index is 2.54. The Hall–Kier alpha value is -6.60. The van der Waals surface area contributed by atoms with Crippen molar-refractivity contribution >= 4 is 103 Å². The lowest BCUT2D eigenvalue weighted by Crippen LogP contribution is -2.30. The molecule has 0 saturated heterocycles. The Labute approximate surface area is 336 Å². The standard InChI is InChI=1S/C51H34N4S2/c1-51(2)34-13-3-5-15-36(34)52(37-16-6-4-14-35(37)51)33-27-25-31(26-28-33)32-29-42-48-43(30-32)54-39-18-8-10-22-45(39)57-47-24-12-20-41(50(47)54)55(48)40-19-11-23-46-49(40)53(42)38-17-7-9-21-44(38)56-46/h3-30H,1-2H3. The Morgan fingerprint density at radius 1 is 0.404 bits per heavy atom. The van der Waals surface area contributed by atoms with E-state index < -0.39 is 0 Å². The molecule has 10 aromatic rings. The Kier molecular flexibility index (Phi) is 6.24. The maximum Gasteiger partial charge on any atom is 0.0948 e. The lowest BCUT2D eigenvalue weighted by molar-refractivity contribution is 0.632. The number of nitrogens with zero attached hydrogens (tertiary/aromatic N) is 4. The van der Waals surface area contributed by atoms with E-state index in [1.165, 1.54) is 102 Å². The Morgan fingerprint density at radius 2 is 0.860 bits per heavy atom. The highest BCUT2D eigenvalue weighted by atomic mass is 32.1. The lowest BCUT2D eigenvalue weighted by atomic mass is 9.73. The van der Waals surface area contributed by atoms with Gasteiger partial charge in [0, 0.05) is 11.1 Å². The van der Waals surface area contributed by atoms with Crippen LogP contribution in [0.15, 0.2) is 170 Å². The molecular weight excluding hydrogens is 733 g/mol. The zero-order valence-electron chi connectivity index (χ0n) is 31.3. The molecule has 3 aliphatic heterocycles. The quantitative estimate of drug-likeness (QED) is 0.126. The van der Waals surface area contributed by atoms with Crippen LogP contribution in [-0.2, 0) is 5.41 Å². The molecule has 270 valence electrons. The number of fused-ring (bicyclic) bond motifs is 10. The van der Waals surface area contributed by atoms with Crippen LogP contribution in [0.4, 0.5) is 17.1 Å². The third-order valence-electron chi connectivity index (χ3n) is 12.4. The molecule has 0 unspecified atom stereocenters. The Balaban J connectivity index is 1.15. The minimum Gasteiger partial charge on any atom is -0.310 e. The van der Waals surface area contributed by atoms with Gasteiger partial charge in [0.25, 0.3) is 0 Å². The summed E-state index contributed by atoms with van der Waals surface area (Å²) in [6, 6.07) is 63.2. The van der Waals surface area contributed by atoms with Gasteiger partial charge in [-0.05, 0) is 107 Å². The predicted molar refractivity (Wildman–Crippen MR) is 243 cm³/mol. The van der Waals surface area contributed by atoms with E-state index in [0.29, 0.717) is 0 Å². The van der Waals surface area contributed by atoms with Crippen LogP contribution in [0.5, 0.6) is 0 Å². The largest absolute Gasteiger partial charge is 0.310 e. The average Bonchev–Trinajstić information content (AvgIpc) is 3.25. The summed E-state index contributed by atoms with van der Waals surface area (Å²) in [5, 5.41) is 0. The van der Waals surface area contributed by atoms with Crippen molar-refractivity contribution in [1.82, 2.24) is 13.4 Å². The Morgan fingerprint density at radius 3 is 1.40 bits per heavy atom. The molecule has 0 N–H and O–H groups in total. The molecule has 13 rings (SSSR count). The van der Waals surface area contributed by atoms with E-state index in [2.05, 4.69) is 202 Å². The van der Waals surface area contributed by atoms with Crippen molar-refractivity contribution in [3.63, 3.8) is 0 Å². The minimum atomic E-state index is -0.101. The number of rotatable bonds is 2. The van der Waals surface area contributed by atoms with Crippen molar-refractivity contribution in [2.75, 3.05) is 4.90 Å². The van der Waals surface area contributed by atoms with Crippen LogP contribution in [-0.4, -0.2) is 13.4 Å². The second kappa shape index (κ2) is 11.3. The molecule has 2 aromatic heterocycles. The highest BCUT2D eigenvalue weighted by Crippen LogP contribution is 2.52. The highest BCUT2D eigenvalue weighted by Gasteiger charge is 2.36. The molecular formula is C51H34N4S2. The van der Waals surface area contributed by atoms with Crippen LogP contribution in [0, 0.1) is 0 Å². The first-order valence-electron chi connectivity index (χ1n) is 19.5. The molecule has 0 aliphatic carbocycles. The van der Waals surface area contributed by atoms with Gasteiger partial charge in [0.1, 0.15) is 0 Å². The number of aromatic nitrogens is 3. The molecule has 0 spiro atoms. The third-order valence-corrected chi connectivity index (χ3v) is 14.6. The second-order valence-corrected chi connectivity index (χ2v) is 18.0. The first-order valence-corrected chi connectivity index (χ1v) is 21.2. The van der Waals surface area contributed by atoms with Crippen molar-refractivity contribution in [3.05, 3.63) is 181 Å². The van der Waals surface area contributed by atoms with Crippen LogP contribution < -0.4 is 4.90 Å². The number of hydrogen-bond donors (Lipinski definition) is 0. The summed E-state index contributed by atoms with van der Waals surface area (Å²) in [5.41, 5.74) is 19.5. The minimum absolute atomic E-state index is 0.101. The van der Waals surface area contributed by atoms with Crippen molar-refractivity contribution in [2.24, 2.45) is 0 Å². The number of benzene rings is 8. The molecule has 0 atom stereocenters. The van der Waals surface area contributed by atoms with Gasteiger partial charge in [0.05, 0.1) is 80.0 Å². The van der Waals surface area contributed by atoms with Crippen molar-refractivity contribution in [1.29, 1.82) is 0 Å². The summed E-state index contributed by atoms with van der Waals surface area (Å²) in [4.78, 5) is 2.44. The molecule has 8 aromatic carbocycles. The summed E-state index contributed by atoms with van der Waals surface area (Å²) in [6.07, 6.45) is 0. The van der Waals surface area contributed by atoms with E-state index in [9.17, 15) is 0 Å². The van der Waals surface area contributed by atoms with E-state index in [0.717, 1.165) is 5.69 Å². The number of anilines is 3. The summed E-state index contributed by atoms with van der Waals surface area (Å²) in [6.45, 7) is 4.69. The van der Waals surface area contributed by atoms with Gasteiger partial charge in [0.15, 0.2) is 0 Å². The molecule has 0 radical (unpaired) electrons. The SMILES string of the molecule is CC1(C)c2ccccc2N(c2ccc(-c3cc4c5c(c3)n3c6ccccc6sc6cccc(c63)n-5c3cccc5sc6ccccc6n4c53)cc2)c2ccccc21. The second-order valence-electron chi connectivity index (χ2n) is 15.8. The molecule has 5 heterocycles. The molecule has 6 heteroatoms. The molecule has 0 saturated carbocycles. The fourth-order valence-electron chi connectivity index (χ4n) is 9.89. The fraction of sp³-hybridized carbons (Fsp3) is 0.0588. The van der Waals surface area contributed by atoms with Gasteiger partial charge in [-0.2, -0.15) is 0 Å². The van der Waals surface area contributed by atoms with Gasteiger partial charge in [-0.1, -0.05) is 98.8 Å². The van der Waals surface area contributed by atoms with E-state index >= 15 is 0 Å². The van der Waals surface area contributed by atoms with Gasteiger partial charge in [-0.25, -0.2) is 0 Å². The molecule has 0 fully saturated rings. The van der Waals surface area contributed by atoms with Gasteiger partial charge in [-0.3, -0.25) is 0 Å². The summed E-state index contributed by atoms with van der Waals surface area (Å²) < 4.78 is 12.7. The molecule has 3 aliphatic rings. The normalized spacial score (nSPS) is 13.9.